The summed E-state index contributed by atoms with van der Waals surface area (Å²) in [5, 5.41) is 4.28. The number of aromatic nitrogens is 3. The number of nitrogens with two attached hydrogens (primary N) is 1. The Labute approximate surface area is 109 Å². The number of aryl methyl sites for hydroxylation is 1. The third-order valence-electron chi connectivity index (χ3n) is 3.89. The van der Waals surface area contributed by atoms with Crippen LogP contribution in [0.1, 0.15) is 44.9 Å². The second-order valence-electron chi connectivity index (χ2n) is 5.38. The van der Waals surface area contributed by atoms with Crippen LogP contribution in [0, 0.1) is 0 Å². The average Bonchev–Trinajstić information content (AvgIpc) is 2.78. The molecular weight excluding hydrogens is 226 g/mol. The predicted octanol–water partition coefficient (Wildman–Crippen LogP) is 1.39. The van der Waals surface area contributed by atoms with E-state index in [1.54, 1.807) is 6.33 Å². The molecule has 1 aliphatic carbocycles. The second kappa shape index (κ2) is 6.29. The quantitative estimate of drug-likeness (QED) is 0.859. The summed E-state index contributed by atoms with van der Waals surface area (Å²) in [6.45, 7) is 4.01. The third kappa shape index (κ3) is 3.29. The molecule has 1 aromatic rings. The first-order valence-corrected chi connectivity index (χ1v) is 7.03. The molecule has 2 rings (SSSR count). The second-order valence-corrected chi connectivity index (χ2v) is 5.38. The number of hydrogen-bond donors (Lipinski definition) is 1. The van der Waals surface area contributed by atoms with E-state index in [-0.39, 0.29) is 0 Å². The van der Waals surface area contributed by atoms with Crippen molar-refractivity contribution in [2.75, 3.05) is 7.05 Å². The Morgan fingerprint density at radius 2 is 2.11 bits per heavy atom. The summed E-state index contributed by atoms with van der Waals surface area (Å²) in [5.41, 5.74) is 5.95. The van der Waals surface area contributed by atoms with Gasteiger partial charge in [-0.05, 0) is 39.2 Å². The smallest absolute Gasteiger partial charge is 0.141 e. The lowest BCUT2D eigenvalue weighted by atomic mass is 9.91. The molecule has 0 saturated heterocycles. The molecule has 1 fully saturated rings. The number of nitrogens with zero attached hydrogens (tertiary/aromatic N) is 4. The number of rotatable bonds is 5. The van der Waals surface area contributed by atoms with E-state index in [4.69, 9.17) is 5.73 Å². The molecule has 0 unspecified atom stereocenters. The molecular formula is C13H25N5. The fourth-order valence-corrected chi connectivity index (χ4v) is 2.70. The van der Waals surface area contributed by atoms with Crippen LogP contribution in [0.2, 0.25) is 0 Å². The van der Waals surface area contributed by atoms with Crippen LogP contribution in [0.15, 0.2) is 6.33 Å². The van der Waals surface area contributed by atoms with Crippen molar-refractivity contribution in [3.8, 4) is 0 Å². The Hall–Kier alpha value is -0.940. The molecule has 5 nitrogen and oxygen atoms in total. The minimum Gasteiger partial charge on any atom is -0.328 e. The van der Waals surface area contributed by atoms with Gasteiger partial charge >= 0.3 is 0 Å². The highest BCUT2D eigenvalue weighted by Gasteiger charge is 2.22. The van der Waals surface area contributed by atoms with Gasteiger partial charge < -0.3 is 5.73 Å². The van der Waals surface area contributed by atoms with E-state index in [0.717, 1.165) is 38.2 Å². The van der Waals surface area contributed by atoms with Crippen molar-refractivity contribution >= 4 is 0 Å². The topological polar surface area (TPSA) is 60.0 Å². The van der Waals surface area contributed by atoms with Crippen LogP contribution in [-0.2, 0) is 13.1 Å². The molecule has 18 heavy (non-hydrogen) atoms. The van der Waals surface area contributed by atoms with Crippen LogP contribution < -0.4 is 5.73 Å². The maximum absolute atomic E-state index is 5.95. The van der Waals surface area contributed by atoms with E-state index < -0.39 is 0 Å². The summed E-state index contributed by atoms with van der Waals surface area (Å²) in [5.74, 6) is 1.08. The highest BCUT2D eigenvalue weighted by Crippen LogP contribution is 2.22. The van der Waals surface area contributed by atoms with E-state index >= 15 is 0 Å². The van der Waals surface area contributed by atoms with Crippen molar-refractivity contribution in [1.82, 2.24) is 19.7 Å². The van der Waals surface area contributed by atoms with Crippen LogP contribution in [0.4, 0.5) is 0 Å². The van der Waals surface area contributed by atoms with Crippen LogP contribution in [-0.4, -0.2) is 38.8 Å². The van der Waals surface area contributed by atoms with Gasteiger partial charge in [-0.1, -0.05) is 6.92 Å². The van der Waals surface area contributed by atoms with Gasteiger partial charge in [0.15, 0.2) is 0 Å². The standard InChI is InChI=1S/C13H25N5/c1-3-8-18-13(15-10-16-18)9-17(2)12-6-4-11(14)5-7-12/h10-12H,3-9,14H2,1-2H3. The largest absolute Gasteiger partial charge is 0.328 e. The zero-order chi connectivity index (χ0) is 13.0. The van der Waals surface area contributed by atoms with Gasteiger partial charge in [-0.15, -0.1) is 0 Å². The fraction of sp³-hybridized carbons (Fsp3) is 0.846. The number of hydrogen-bond acceptors (Lipinski definition) is 4. The monoisotopic (exact) mass is 251 g/mol. The molecule has 5 heteroatoms. The molecule has 0 aromatic carbocycles. The Bertz CT molecular complexity index is 354. The van der Waals surface area contributed by atoms with Gasteiger partial charge in [-0.3, -0.25) is 4.90 Å². The lowest BCUT2D eigenvalue weighted by molar-refractivity contribution is 0.170. The van der Waals surface area contributed by atoms with Crippen molar-refractivity contribution in [2.24, 2.45) is 5.73 Å². The normalized spacial score (nSPS) is 24.7. The SMILES string of the molecule is CCCn1ncnc1CN(C)C1CCC(N)CC1. The van der Waals surface area contributed by atoms with E-state index in [9.17, 15) is 0 Å². The maximum atomic E-state index is 5.95. The van der Waals surface area contributed by atoms with Crippen LogP contribution in [0.3, 0.4) is 0 Å². The maximum Gasteiger partial charge on any atom is 0.141 e. The zero-order valence-electron chi connectivity index (χ0n) is 11.5. The summed E-state index contributed by atoms with van der Waals surface area (Å²) in [4.78, 5) is 6.77. The summed E-state index contributed by atoms with van der Waals surface area (Å²) < 4.78 is 2.02. The lowest BCUT2D eigenvalue weighted by Gasteiger charge is -2.33. The van der Waals surface area contributed by atoms with Gasteiger partial charge in [0.05, 0.1) is 6.54 Å². The molecule has 1 aliphatic rings. The van der Waals surface area contributed by atoms with Crippen LogP contribution >= 0.6 is 0 Å². The highest BCUT2D eigenvalue weighted by molar-refractivity contribution is 4.87. The molecule has 0 radical (unpaired) electrons. The Kier molecular flexibility index (Phi) is 4.72. The Balaban J connectivity index is 1.90. The van der Waals surface area contributed by atoms with Crippen molar-refractivity contribution in [3.63, 3.8) is 0 Å². The highest BCUT2D eigenvalue weighted by atomic mass is 15.3. The van der Waals surface area contributed by atoms with Gasteiger partial charge in [-0.25, -0.2) is 9.67 Å². The van der Waals surface area contributed by atoms with E-state index in [1.807, 2.05) is 4.68 Å². The average molecular weight is 251 g/mol. The van der Waals surface area contributed by atoms with Crippen molar-refractivity contribution in [1.29, 1.82) is 0 Å². The lowest BCUT2D eigenvalue weighted by Crippen LogP contribution is -2.38. The molecule has 1 aromatic heterocycles. The minimum absolute atomic E-state index is 0.415. The molecule has 1 saturated carbocycles. The molecule has 0 spiro atoms. The van der Waals surface area contributed by atoms with Gasteiger partial charge in [0.1, 0.15) is 12.2 Å². The fourth-order valence-electron chi connectivity index (χ4n) is 2.70. The first kappa shape index (κ1) is 13.5. The van der Waals surface area contributed by atoms with Crippen LogP contribution in [0.25, 0.3) is 0 Å². The zero-order valence-corrected chi connectivity index (χ0v) is 11.5. The van der Waals surface area contributed by atoms with E-state index in [2.05, 4.69) is 29.0 Å². The molecule has 0 aliphatic heterocycles. The summed E-state index contributed by atoms with van der Waals surface area (Å²) in [7, 11) is 2.19. The minimum atomic E-state index is 0.415. The van der Waals surface area contributed by atoms with Gasteiger partial charge in [0.25, 0.3) is 0 Å². The van der Waals surface area contributed by atoms with Gasteiger partial charge in [0.2, 0.25) is 0 Å². The molecule has 102 valence electrons. The van der Waals surface area contributed by atoms with Crippen molar-refractivity contribution < 1.29 is 0 Å². The summed E-state index contributed by atoms with van der Waals surface area (Å²) in [6.07, 6.45) is 7.47. The van der Waals surface area contributed by atoms with Gasteiger partial charge in [-0.2, -0.15) is 5.10 Å². The third-order valence-corrected chi connectivity index (χ3v) is 3.89. The van der Waals surface area contributed by atoms with Crippen LogP contribution in [0.5, 0.6) is 0 Å². The summed E-state index contributed by atoms with van der Waals surface area (Å²) >= 11 is 0. The molecule has 0 bridgehead atoms. The van der Waals surface area contributed by atoms with E-state index in [1.165, 1.54) is 12.8 Å². The van der Waals surface area contributed by atoms with E-state index in [0.29, 0.717) is 12.1 Å². The molecule has 0 atom stereocenters. The molecule has 1 heterocycles. The first-order valence-electron chi connectivity index (χ1n) is 7.03. The Morgan fingerprint density at radius 1 is 1.39 bits per heavy atom. The molecule has 0 amide bonds. The van der Waals surface area contributed by atoms with Gasteiger partial charge in [0, 0.05) is 18.6 Å². The predicted molar refractivity (Wildman–Crippen MR) is 72.0 cm³/mol. The molecule has 2 N–H and O–H groups in total. The van der Waals surface area contributed by atoms with Crippen molar-refractivity contribution in [3.05, 3.63) is 12.2 Å². The first-order chi connectivity index (χ1) is 8.70. The van der Waals surface area contributed by atoms with Crippen molar-refractivity contribution in [2.45, 2.75) is 64.2 Å². The Morgan fingerprint density at radius 3 is 2.78 bits per heavy atom. The summed E-state index contributed by atoms with van der Waals surface area (Å²) in [6, 6.07) is 1.06.